The molecule has 0 aliphatic carbocycles. The van der Waals surface area contributed by atoms with Crippen molar-refractivity contribution in [1.29, 1.82) is 0 Å². The van der Waals surface area contributed by atoms with E-state index in [0.717, 1.165) is 17.4 Å². The van der Waals surface area contributed by atoms with Crippen LogP contribution in [-0.2, 0) is 6.18 Å². The zero-order chi connectivity index (χ0) is 11.9. The molecule has 0 atom stereocenters. The van der Waals surface area contributed by atoms with Crippen molar-refractivity contribution >= 4 is 27.4 Å². The van der Waals surface area contributed by atoms with E-state index in [-0.39, 0.29) is 15.6 Å². The van der Waals surface area contributed by atoms with Crippen LogP contribution in [0.1, 0.15) is 15.9 Å². The minimum absolute atomic E-state index is 0.0348. The molecule has 0 aliphatic rings. The second-order valence-electron chi connectivity index (χ2n) is 3.13. The fourth-order valence-electron chi connectivity index (χ4n) is 1.45. The molecule has 2 rings (SSSR count). The van der Waals surface area contributed by atoms with Gasteiger partial charge in [0.1, 0.15) is 0 Å². The molecule has 1 aromatic carbocycles. The van der Waals surface area contributed by atoms with Crippen molar-refractivity contribution in [1.82, 2.24) is 0 Å². The van der Waals surface area contributed by atoms with Gasteiger partial charge in [-0.3, -0.25) is 0 Å². The summed E-state index contributed by atoms with van der Waals surface area (Å²) in [7, 11) is 0. The van der Waals surface area contributed by atoms with Gasteiger partial charge in [-0.1, -0.05) is 12.1 Å². The van der Waals surface area contributed by atoms with Gasteiger partial charge in [0.05, 0.1) is 11.1 Å². The van der Waals surface area contributed by atoms with Crippen LogP contribution < -0.4 is 0 Å². The topological polar surface area (TPSA) is 37.3 Å². The Labute approximate surface area is 91.9 Å². The van der Waals surface area contributed by atoms with Crippen LogP contribution in [0.4, 0.5) is 13.2 Å². The minimum Gasteiger partial charge on any atom is -0.478 e. The van der Waals surface area contributed by atoms with Gasteiger partial charge in [-0.15, -0.1) is 11.3 Å². The van der Waals surface area contributed by atoms with Gasteiger partial charge in [0.15, 0.2) is 0 Å². The van der Waals surface area contributed by atoms with Crippen molar-refractivity contribution in [3.8, 4) is 0 Å². The van der Waals surface area contributed by atoms with Crippen molar-refractivity contribution in [2.75, 3.05) is 0 Å². The van der Waals surface area contributed by atoms with Gasteiger partial charge in [-0.2, -0.15) is 13.2 Å². The third-order valence-corrected chi connectivity index (χ3v) is 3.16. The van der Waals surface area contributed by atoms with E-state index < -0.39 is 17.7 Å². The molecule has 1 heterocycles. The molecule has 0 aliphatic heterocycles. The van der Waals surface area contributed by atoms with Gasteiger partial charge >= 0.3 is 12.1 Å². The summed E-state index contributed by atoms with van der Waals surface area (Å²) >= 11 is 0.795. The van der Waals surface area contributed by atoms with Crippen molar-refractivity contribution in [2.24, 2.45) is 0 Å². The SMILES string of the molecule is O=C(O)c1csc2c(C(F)(F)F)cccc12. The van der Waals surface area contributed by atoms with E-state index in [0.29, 0.717) is 0 Å². The Bertz CT molecular complexity index is 557. The smallest absolute Gasteiger partial charge is 0.417 e. The highest BCUT2D eigenvalue weighted by Crippen LogP contribution is 2.38. The zero-order valence-corrected chi connectivity index (χ0v) is 8.52. The molecule has 6 heteroatoms. The third-order valence-electron chi connectivity index (χ3n) is 2.14. The second-order valence-corrected chi connectivity index (χ2v) is 4.01. The number of alkyl halides is 3. The molecule has 1 aromatic heterocycles. The Morgan fingerprint density at radius 1 is 1.31 bits per heavy atom. The molecular formula is C10H5F3O2S. The van der Waals surface area contributed by atoms with Crippen LogP contribution in [0.3, 0.4) is 0 Å². The van der Waals surface area contributed by atoms with Gasteiger partial charge in [0.25, 0.3) is 0 Å². The second kappa shape index (κ2) is 3.48. The number of thiophene rings is 1. The number of carboxylic acid groups (broad SMARTS) is 1. The highest BCUT2D eigenvalue weighted by Gasteiger charge is 2.33. The number of carbonyl (C=O) groups is 1. The molecule has 1 N–H and O–H groups in total. The minimum atomic E-state index is -4.46. The number of benzene rings is 1. The van der Waals surface area contributed by atoms with E-state index in [9.17, 15) is 18.0 Å². The molecule has 0 unspecified atom stereocenters. The summed E-state index contributed by atoms with van der Waals surface area (Å²) in [4.78, 5) is 10.8. The van der Waals surface area contributed by atoms with Crippen molar-refractivity contribution < 1.29 is 23.1 Å². The average Bonchev–Trinajstić information content (AvgIpc) is 2.58. The number of hydrogen-bond acceptors (Lipinski definition) is 2. The Morgan fingerprint density at radius 3 is 2.56 bits per heavy atom. The van der Waals surface area contributed by atoms with Crippen LogP contribution in [0.15, 0.2) is 23.6 Å². The van der Waals surface area contributed by atoms with Crippen LogP contribution in [-0.4, -0.2) is 11.1 Å². The average molecular weight is 246 g/mol. The molecule has 2 aromatic rings. The molecule has 16 heavy (non-hydrogen) atoms. The van der Waals surface area contributed by atoms with E-state index in [4.69, 9.17) is 5.11 Å². The van der Waals surface area contributed by atoms with Gasteiger partial charge in [0.2, 0.25) is 0 Å². The normalized spacial score (nSPS) is 11.9. The van der Waals surface area contributed by atoms with Crippen LogP contribution in [0.25, 0.3) is 10.1 Å². The van der Waals surface area contributed by atoms with Gasteiger partial charge in [0, 0.05) is 15.5 Å². The maximum atomic E-state index is 12.6. The predicted molar refractivity (Wildman–Crippen MR) is 53.8 cm³/mol. The molecule has 84 valence electrons. The lowest BCUT2D eigenvalue weighted by Crippen LogP contribution is -2.04. The fourth-order valence-corrected chi connectivity index (χ4v) is 2.53. The maximum Gasteiger partial charge on any atom is 0.417 e. The first-order valence-corrected chi connectivity index (χ1v) is 5.10. The van der Waals surface area contributed by atoms with E-state index in [1.807, 2.05) is 0 Å². The molecule has 0 bridgehead atoms. The highest BCUT2D eigenvalue weighted by molar-refractivity contribution is 7.17. The van der Waals surface area contributed by atoms with Crippen LogP contribution in [0.2, 0.25) is 0 Å². The lowest BCUT2D eigenvalue weighted by atomic mass is 10.1. The van der Waals surface area contributed by atoms with Crippen molar-refractivity contribution in [3.63, 3.8) is 0 Å². The Hall–Kier alpha value is -1.56. The number of fused-ring (bicyclic) bond motifs is 1. The molecule has 0 spiro atoms. The largest absolute Gasteiger partial charge is 0.478 e. The number of halogens is 3. The van der Waals surface area contributed by atoms with Crippen molar-refractivity contribution in [2.45, 2.75) is 6.18 Å². The van der Waals surface area contributed by atoms with E-state index in [1.165, 1.54) is 17.5 Å². The number of carboxylic acids is 1. The summed E-state index contributed by atoms with van der Waals surface area (Å²) < 4.78 is 37.7. The summed E-state index contributed by atoms with van der Waals surface area (Å²) in [5, 5.41) is 10.1. The van der Waals surface area contributed by atoms with E-state index >= 15 is 0 Å². The van der Waals surface area contributed by atoms with Crippen LogP contribution >= 0.6 is 11.3 Å². The highest BCUT2D eigenvalue weighted by atomic mass is 32.1. The Balaban J connectivity index is 2.77. The number of aromatic carboxylic acids is 1. The Kier molecular flexibility index (Phi) is 2.38. The monoisotopic (exact) mass is 246 g/mol. The first-order valence-electron chi connectivity index (χ1n) is 4.22. The molecule has 0 radical (unpaired) electrons. The molecule has 0 saturated heterocycles. The first-order chi connectivity index (χ1) is 7.41. The standard InChI is InChI=1S/C10H5F3O2S/c11-10(12,13)7-3-1-2-5-6(9(14)15)4-16-8(5)7/h1-4H,(H,14,15). The Morgan fingerprint density at radius 2 is 2.00 bits per heavy atom. The summed E-state index contributed by atoms with van der Waals surface area (Å²) in [6.07, 6.45) is -4.46. The van der Waals surface area contributed by atoms with E-state index in [2.05, 4.69) is 0 Å². The molecule has 0 fully saturated rings. The summed E-state index contributed by atoms with van der Waals surface area (Å²) in [6, 6.07) is 3.54. The predicted octanol–water partition coefficient (Wildman–Crippen LogP) is 3.62. The van der Waals surface area contributed by atoms with Crippen LogP contribution in [0.5, 0.6) is 0 Å². The molecule has 0 amide bonds. The zero-order valence-electron chi connectivity index (χ0n) is 7.71. The molecule has 0 saturated carbocycles. The number of rotatable bonds is 1. The third kappa shape index (κ3) is 1.65. The lowest BCUT2D eigenvalue weighted by Gasteiger charge is -2.07. The maximum absolute atomic E-state index is 12.6. The number of hydrogen-bond donors (Lipinski definition) is 1. The van der Waals surface area contributed by atoms with E-state index in [1.54, 1.807) is 0 Å². The summed E-state index contributed by atoms with van der Waals surface area (Å²) in [5.74, 6) is -1.22. The lowest BCUT2D eigenvalue weighted by molar-refractivity contribution is -0.136. The summed E-state index contributed by atoms with van der Waals surface area (Å²) in [5.41, 5.74) is -0.881. The van der Waals surface area contributed by atoms with Gasteiger partial charge in [-0.25, -0.2) is 4.79 Å². The van der Waals surface area contributed by atoms with Gasteiger partial charge < -0.3 is 5.11 Å². The first kappa shape index (κ1) is 10.9. The summed E-state index contributed by atoms with van der Waals surface area (Å²) in [6.45, 7) is 0. The van der Waals surface area contributed by atoms with Crippen molar-refractivity contribution in [3.05, 3.63) is 34.7 Å². The molecule has 2 nitrogen and oxygen atoms in total. The fraction of sp³-hybridized carbons (Fsp3) is 0.100. The molecular weight excluding hydrogens is 241 g/mol. The quantitative estimate of drug-likeness (QED) is 0.834. The van der Waals surface area contributed by atoms with Gasteiger partial charge in [-0.05, 0) is 6.07 Å². The van der Waals surface area contributed by atoms with Crippen LogP contribution in [0, 0.1) is 0 Å².